The largest absolute Gasteiger partial charge is 0.497 e. The maximum absolute atomic E-state index is 12.1. The zero-order chi connectivity index (χ0) is 19.0. The highest BCUT2D eigenvalue weighted by atomic mass is 16.6. The van der Waals surface area contributed by atoms with Gasteiger partial charge in [0, 0.05) is 5.56 Å². The summed E-state index contributed by atoms with van der Waals surface area (Å²) in [6, 6.07) is 14.0. The molecular weight excluding hydrogens is 350 g/mol. The molecule has 0 saturated carbocycles. The molecule has 1 aliphatic heterocycles. The summed E-state index contributed by atoms with van der Waals surface area (Å²) < 4.78 is 15.6. The van der Waals surface area contributed by atoms with Crippen molar-refractivity contribution in [2.75, 3.05) is 7.11 Å². The zero-order valence-electron chi connectivity index (χ0n) is 14.2. The van der Waals surface area contributed by atoms with Crippen LogP contribution in [0, 0.1) is 10.1 Å². The molecule has 0 aliphatic carbocycles. The molecule has 134 valence electrons. The van der Waals surface area contributed by atoms with Crippen molar-refractivity contribution in [1.82, 2.24) is 0 Å². The predicted octanol–water partition coefficient (Wildman–Crippen LogP) is 4.33. The molecule has 0 N–H and O–H groups in total. The van der Waals surface area contributed by atoms with Gasteiger partial charge in [0.2, 0.25) is 0 Å². The second-order valence-electron chi connectivity index (χ2n) is 5.86. The van der Waals surface area contributed by atoms with Crippen LogP contribution < -0.4 is 4.74 Å². The van der Waals surface area contributed by atoms with Crippen molar-refractivity contribution < 1.29 is 23.6 Å². The Labute approximate surface area is 153 Å². The number of carbonyl (C=O) groups excluding carboxylic acids is 1. The average Bonchev–Trinajstić information content (AvgIpc) is 3.28. The third-order valence-electron chi connectivity index (χ3n) is 4.15. The van der Waals surface area contributed by atoms with Crippen LogP contribution in [0.3, 0.4) is 0 Å². The van der Waals surface area contributed by atoms with Gasteiger partial charge in [0.05, 0.1) is 18.7 Å². The molecule has 0 bridgehead atoms. The van der Waals surface area contributed by atoms with E-state index in [9.17, 15) is 14.9 Å². The molecule has 0 unspecified atom stereocenters. The molecule has 27 heavy (non-hydrogen) atoms. The predicted molar refractivity (Wildman–Crippen MR) is 97.9 cm³/mol. The van der Waals surface area contributed by atoms with E-state index in [2.05, 4.69) is 0 Å². The molecule has 0 atom stereocenters. The molecule has 7 nitrogen and oxygen atoms in total. The normalized spacial score (nSPS) is 15.1. The van der Waals surface area contributed by atoms with Gasteiger partial charge in [-0.3, -0.25) is 10.1 Å². The minimum absolute atomic E-state index is 0.205. The van der Waals surface area contributed by atoms with Gasteiger partial charge in [-0.1, -0.05) is 18.2 Å². The van der Waals surface area contributed by atoms with Crippen LogP contribution in [0.15, 0.2) is 64.6 Å². The number of cyclic esters (lactones) is 1. The SMILES string of the molecule is COc1ccc2cc(C3=C/C(=C/c4ccc([N+](=O)[O-])o4)C(=O)O3)ccc2c1. The van der Waals surface area contributed by atoms with Crippen molar-refractivity contribution in [1.29, 1.82) is 0 Å². The standard InChI is InChI=1S/C20H13NO6/c1-25-16-5-4-12-8-14(3-2-13(12)9-16)18-11-15(20(22)27-18)10-17-6-7-19(26-17)21(23)24/h2-11H,1H3/b15-10-. The fourth-order valence-corrected chi connectivity index (χ4v) is 2.81. The van der Waals surface area contributed by atoms with E-state index in [0.717, 1.165) is 22.1 Å². The first-order valence-corrected chi connectivity index (χ1v) is 8.01. The van der Waals surface area contributed by atoms with Crippen LogP contribution in [0.5, 0.6) is 5.75 Å². The van der Waals surface area contributed by atoms with Gasteiger partial charge >= 0.3 is 11.9 Å². The number of benzene rings is 2. The highest BCUT2D eigenvalue weighted by Gasteiger charge is 2.23. The third-order valence-corrected chi connectivity index (χ3v) is 4.15. The summed E-state index contributed by atoms with van der Waals surface area (Å²) in [6.45, 7) is 0. The minimum atomic E-state index is -0.639. The highest BCUT2D eigenvalue weighted by molar-refractivity contribution is 6.05. The number of esters is 1. The lowest BCUT2D eigenvalue weighted by molar-refractivity contribution is -0.402. The molecule has 0 spiro atoms. The van der Waals surface area contributed by atoms with Gasteiger partial charge in [0.15, 0.2) is 0 Å². The number of nitrogens with zero attached hydrogens (tertiary/aromatic N) is 1. The van der Waals surface area contributed by atoms with Crippen molar-refractivity contribution in [2.24, 2.45) is 0 Å². The number of fused-ring (bicyclic) bond motifs is 1. The smallest absolute Gasteiger partial charge is 0.433 e. The number of methoxy groups -OCH3 is 1. The first-order valence-electron chi connectivity index (χ1n) is 8.01. The molecule has 1 aromatic heterocycles. The number of nitro groups is 1. The molecule has 3 aromatic rings. The Kier molecular flexibility index (Phi) is 3.97. The number of hydrogen-bond donors (Lipinski definition) is 0. The lowest BCUT2D eigenvalue weighted by atomic mass is 10.0. The summed E-state index contributed by atoms with van der Waals surface area (Å²) in [4.78, 5) is 22.2. The van der Waals surface area contributed by atoms with Gasteiger partial charge in [0.25, 0.3) is 0 Å². The molecule has 2 heterocycles. The third kappa shape index (κ3) is 3.18. The van der Waals surface area contributed by atoms with E-state index >= 15 is 0 Å². The molecule has 4 rings (SSSR count). The second-order valence-corrected chi connectivity index (χ2v) is 5.86. The minimum Gasteiger partial charge on any atom is -0.497 e. The number of furan rings is 1. The Morgan fingerprint density at radius 1 is 1.07 bits per heavy atom. The van der Waals surface area contributed by atoms with E-state index in [1.54, 1.807) is 13.2 Å². The van der Waals surface area contributed by atoms with Gasteiger partial charge in [-0.15, -0.1) is 0 Å². The van der Waals surface area contributed by atoms with Gasteiger partial charge < -0.3 is 13.9 Å². The lowest BCUT2D eigenvalue weighted by Crippen LogP contribution is -1.97. The van der Waals surface area contributed by atoms with Gasteiger partial charge in [0.1, 0.15) is 22.2 Å². The molecule has 0 saturated heterocycles. The molecule has 7 heteroatoms. The fraction of sp³-hybridized carbons (Fsp3) is 0.0500. The topological polar surface area (TPSA) is 91.8 Å². The molecule has 0 amide bonds. The average molecular weight is 363 g/mol. The van der Waals surface area contributed by atoms with E-state index in [4.69, 9.17) is 13.9 Å². The van der Waals surface area contributed by atoms with Crippen LogP contribution >= 0.6 is 0 Å². The molecular formula is C20H13NO6. The quantitative estimate of drug-likeness (QED) is 0.296. The van der Waals surface area contributed by atoms with Crippen LogP contribution in [0.4, 0.5) is 5.88 Å². The first-order chi connectivity index (χ1) is 13.0. The number of hydrogen-bond acceptors (Lipinski definition) is 6. The first kappa shape index (κ1) is 16.6. The summed E-state index contributed by atoms with van der Waals surface area (Å²) in [5.41, 5.74) is 0.999. The Bertz CT molecular complexity index is 1140. The van der Waals surface area contributed by atoms with Crippen LogP contribution in [-0.2, 0) is 9.53 Å². The number of ether oxygens (including phenoxy) is 2. The molecule has 0 fully saturated rings. The van der Waals surface area contributed by atoms with E-state index in [0.29, 0.717) is 5.76 Å². The highest BCUT2D eigenvalue weighted by Crippen LogP contribution is 2.31. The van der Waals surface area contributed by atoms with Crippen molar-refractivity contribution in [2.45, 2.75) is 0 Å². The summed E-state index contributed by atoms with van der Waals surface area (Å²) >= 11 is 0. The van der Waals surface area contributed by atoms with Crippen molar-refractivity contribution in [3.63, 3.8) is 0 Å². The molecule has 1 aliphatic rings. The summed E-state index contributed by atoms with van der Waals surface area (Å²) in [6.07, 6.45) is 3.00. The van der Waals surface area contributed by atoms with E-state index < -0.39 is 10.9 Å². The summed E-state index contributed by atoms with van der Waals surface area (Å²) in [5.74, 6) is 0.447. The van der Waals surface area contributed by atoms with Crippen LogP contribution in [0.25, 0.3) is 22.6 Å². The van der Waals surface area contributed by atoms with E-state index in [1.165, 1.54) is 18.2 Å². The van der Waals surface area contributed by atoms with Crippen LogP contribution in [-0.4, -0.2) is 18.0 Å². The zero-order valence-corrected chi connectivity index (χ0v) is 14.2. The monoisotopic (exact) mass is 363 g/mol. The fourth-order valence-electron chi connectivity index (χ4n) is 2.81. The Hall–Kier alpha value is -3.87. The van der Waals surface area contributed by atoms with E-state index in [-0.39, 0.29) is 17.2 Å². The molecule has 0 radical (unpaired) electrons. The Morgan fingerprint density at radius 3 is 2.59 bits per heavy atom. The number of rotatable bonds is 4. The van der Waals surface area contributed by atoms with Gasteiger partial charge in [-0.25, -0.2) is 4.79 Å². The number of carbonyl (C=O) groups is 1. The maximum atomic E-state index is 12.1. The Morgan fingerprint density at radius 2 is 1.85 bits per heavy atom. The van der Waals surface area contributed by atoms with Gasteiger partial charge in [-0.05, 0) is 47.2 Å². The van der Waals surface area contributed by atoms with Crippen molar-refractivity contribution in [3.05, 3.63) is 81.6 Å². The van der Waals surface area contributed by atoms with E-state index in [1.807, 2.05) is 36.4 Å². The molecule has 2 aromatic carbocycles. The van der Waals surface area contributed by atoms with Crippen LogP contribution in [0.1, 0.15) is 11.3 Å². The summed E-state index contributed by atoms with van der Waals surface area (Å²) in [5, 5.41) is 12.7. The maximum Gasteiger partial charge on any atom is 0.433 e. The van der Waals surface area contributed by atoms with Crippen LogP contribution in [0.2, 0.25) is 0 Å². The van der Waals surface area contributed by atoms with Crippen molar-refractivity contribution in [3.8, 4) is 5.75 Å². The Balaban J connectivity index is 1.66. The lowest BCUT2D eigenvalue weighted by Gasteiger charge is -2.06. The second kappa shape index (κ2) is 6.45. The van der Waals surface area contributed by atoms with Gasteiger partial charge in [-0.2, -0.15) is 0 Å². The van der Waals surface area contributed by atoms with Crippen molar-refractivity contribution >= 4 is 34.5 Å². The summed E-state index contributed by atoms with van der Waals surface area (Å²) in [7, 11) is 1.61.